The normalized spacial score (nSPS) is 10.2. The molecule has 0 saturated heterocycles. The predicted octanol–water partition coefficient (Wildman–Crippen LogP) is 3.37. The number of carbonyl (C=O) groups excluding carboxylic acids is 1. The SMILES string of the molecule is COc1cc(NC(=O)c2ccc(NCc3cccnc3)nc2)cc(OC)c1OC. The Labute approximate surface area is 168 Å². The molecule has 1 amide bonds. The fourth-order valence-corrected chi connectivity index (χ4v) is 2.68. The summed E-state index contributed by atoms with van der Waals surface area (Å²) in [6.45, 7) is 0.595. The van der Waals surface area contributed by atoms with Crippen molar-refractivity contribution in [3.63, 3.8) is 0 Å². The van der Waals surface area contributed by atoms with Gasteiger partial charge in [-0.3, -0.25) is 9.78 Å². The highest BCUT2D eigenvalue weighted by Gasteiger charge is 2.15. The van der Waals surface area contributed by atoms with Gasteiger partial charge in [0.25, 0.3) is 5.91 Å². The minimum atomic E-state index is -0.300. The maximum absolute atomic E-state index is 12.6. The van der Waals surface area contributed by atoms with E-state index in [9.17, 15) is 4.79 Å². The standard InChI is InChI=1S/C21H22N4O4/c1-27-17-9-16(10-18(28-2)20(17)29-3)25-21(26)15-6-7-19(24-13-15)23-12-14-5-4-8-22-11-14/h4-11,13H,12H2,1-3H3,(H,23,24)(H,25,26). The van der Waals surface area contributed by atoms with E-state index in [1.165, 1.54) is 27.5 Å². The van der Waals surface area contributed by atoms with Crippen molar-refractivity contribution in [2.75, 3.05) is 32.0 Å². The topological polar surface area (TPSA) is 94.6 Å². The first kappa shape index (κ1) is 19.9. The summed E-state index contributed by atoms with van der Waals surface area (Å²) < 4.78 is 15.9. The lowest BCUT2D eigenvalue weighted by Gasteiger charge is -2.14. The summed E-state index contributed by atoms with van der Waals surface area (Å²) in [5.74, 6) is 1.73. The maximum atomic E-state index is 12.6. The minimum Gasteiger partial charge on any atom is -0.493 e. The van der Waals surface area contributed by atoms with E-state index in [0.717, 1.165) is 5.56 Å². The first-order chi connectivity index (χ1) is 14.1. The molecule has 150 valence electrons. The molecule has 0 fully saturated rings. The Morgan fingerprint density at radius 3 is 2.31 bits per heavy atom. The second-order valence-electron chi connectivity index (χ2n) is 6.02. The van der Waals surface area contributed by atoms with Gasteiger partial charge in [-0.1, -0.05) is 6.07 Å². The van der Waals surface area contributed by atoms with Crippen LogP contribution in [0.2, 0.25) is 0 Å². The lowest BCUT2D eigenvalue weighted by Crippen LogP contribution is -2.13. The molecule has 0 spiro atoms. The van der Waals surface area contributed by atoms with Gasteiger partial charge in [-0.2, -0.15) is 0 Å². The Kier molecular flexibility index (Phi) is 6.47. The van der Waals surface area contributed by atoms with Gasteiger partial charge in [-0.05, 0) is 23.8 Å². The second-order valence-corrected chi connectivity index (χ2v) is 6.02. The zero-order chi connectivity index (χ0) is 20.6. The average molecular weight is 394 g/mol. The Morgan fingerprint density at radius 1 is 1.00 bits per heavy atom. The quantitative estimate of drug-likeness (QED) is 0.605. The van der Waals surface area contributed by atoms with Gasteiger partial charge >= 0.3 is 0 Å². The summed E-state index contributed by atoms with van der Waals surface area (Å²) in [4.78, 5) is 20.9. The average Bonchev–Trinajstić information content (AvgIpc) is 2.77. The van der Waals surface area contributed by atoms with E-state index in [1.807, 2.05) is 12.1 Å². The van der Waals surface area contributed by atoms with Crippen molar-refractivity contribution in [2.24, 2.45) is 0 Å². The molecule has 2 N–H and O–H groups in total. The fraction of sp³-hybridized carbons (Fsp3) is 0.190. The Balaban J connectivity index is 1.68. The van der Waals surface area contributed by atoms with Crippen LogP contribution in [0, 0.1) is 0 Å². The lowest BCUT2D eigenvalue weighted by atomic mass is 10.2. The molecule has 29 heavy (non-hydrogen) atoms. The number of amides is 1. The summed E-state index contributed by atoms with van der Waals surface area (Å²) in [6.07, 6.45) is 5.02. The van der Waals surface area contributed by atoms with E-state index in [4.69, 9.17) is 14.2 Å². The van der Waals surface area contributed by atoms with Crippen molar-refractivity contribution in [2.45, 2.75) is 6.54 Å². The van der Waals surface area contributed by atoms with Gasteiger partial charge in [-0.25, -0.2) is 4.98 Å². The van der Waals surface area contributed by atoms with Gasteiger partial charge < -0.3 is 24.8 Å². The van der Waals surface area contributed by atoms with Crippen LogP contribution in [0.5, 0.6) is 17.2 Å². The maximum Gasteiger partial charge on any atom is 0.257 e. The van der Waals surface area contributed by atoms with Crippen LogP contribution in [-0.4, -0.2) is 37.2 Å². The molecule has 0 aliphatic carbocycles. The van der Waals surface area contributed by atoms with E-state index >= 15 is 0 Å². The van der Waals surface area contributed by atoms with Crippen LogP contribution in [0.3, 0.4) is 0 Å². The summed E-state index contributed by atoms with van der Waals surface area (Å²) in [5, 5.41) is 6.00. The predicted molar refractivity (Wildman–Crippen MR) is 110 cm³/mol. The molecule has 0 radical (unpaired) electrons. The Bertz CT molecular complexity index is 937. The smallest absolute Gasteiger partial charge is 0.257 e. The van der Waals surface area contributed by atoms with Crippen molar-refractivity contribution < 1.29 is 19.0 Å². The number of carbonyl (C=O) groups is 1. The number of aromatic nitrogens is 2. The number of nitrogens with one attached hydrogen (secondary N) is 2. The van der Waals surface area contributed by atoms with Crippen LogP contribution < -0.4 is 24.8 Å². The van der Waals surface area contributed by atoms with Gasteiger partial charge in [0.1, 0.15) is 5.82 Å². The van der Waals surface area contributed by atoms with Crippen molar-refractivity contribution in [3.05, 3.63) is 66.1 Å². The van der Waals surface area contributed by atoms with E-state index in [2.05, 4.69) is 20.6 Å². The Morgan fingerprint density at radius 2 is 1.76 bits per heavy atom. The van der Waals surface area contributed by atoms with E-state index in [-0.39, 0.29) is 5.91 Å². The molecule has 3 aromatic rings. The summed E-state index contributed by atoms with van der Waals surface area (Å²) in [6, 6.07) is 10.6. The zero-order valence-electron chi connectivity index (χ0n) is 16.4. The number of rotatable bonds is 8. The molecule has 0 bridgehead atoms. The van der Waals surface area contributed by atoms with Gasteiger partial charge in [0, 0.05) is 43.0 Å². The molecule has 2 aromatic heterocycles. The van der Waals surface area contributed by atoms with Crippen LogP contribution in [0.15, 0.2) is 55.0 Å². The van der Waals surface area contributed by atoms with Gasteiger partial charge in [0.05, 0.1) is 26.9 Å². The fourth-order valence-electron chi connectivity index (χ4n) is 2.68. The summed E-state index contributed by atoms with van der Waals surface area (Å²) >= 11 is 0. The highest BCUT2D eigenvalue weighted by molar-refractivity contribution is 6.04. The first-order valence-corrected chi connectivity index (χ1v) is 8.84. The molecule has 8 heteroatoms. The van der Waals surface area contributed by atoms with Gasteiger partial charge in [0.15, 0.2) is 11.5 Å². The molecule has 0 atom stereocenters. The van der Waals surface area contributed by atoms with Crippen LogP contribution >= 0.6 is 0 Å². The number of hydrogen-bond donors (Lipinski definition) is 2. The van der Waals surface area contributed by atoms with E-state index in [1.54, 1.807) is 36.7 Å². The molecular weight excluding hydrogens is 372 g/mol. The first-order valence-electron chi connectivity index (χ1n) is 8.84. The Hall–Kier alpha value is -3.81. The van der Waals surface area contributed by atoms with Crippen molar-refractivity contribution in [1.82, 2.24) is 9.97 Å². The minimum absolute atomic E-state index is 0.300. The largest absolute Gasteiger partial charge is 0.493 e. The molecule has 0 aliphatic heterocycles. The number of pyridine rings is 2. The zero-order valence-corrected chi connectivity index (χ0v) is 16.4. The molecule has 2 heterocycles. The van der Waals surface area contributed by atoms with E-state index in [0.29, 0.717) is 40.9 Å². The van der Waals surface area contributed by atoms with Crippen LogP contribution in [-0.2, 0) is 6.54 Å². The lowest BCUT2D eigenvalue weighted by molar-refractivity contribution is 0.102. The monoisotopic (exact) mass is 394 g/mol. The number of nitrogens with zero attached hydrogens (tertiary/aromatic N) is 2. The van der Waals surface area contributed by atoms with Crippen molar-refractivity contribution in [3.8, 4) is 17.2 Å². The highest BCUT2D eigenvalue weighted by Crippen LogP contribution is 2.40. The molecule has 0 unspecified atom stereocenters. The highest BCUT2D eigenvalue weighted by atomic mass is 16.5. The molecule has 0 saturated carbocycles. The van der Waals surface area contributed by atoms with Crippen LogP contribution in [0.4, 0.5) is 11.5 Å². The van der Waals surface area contributed by atoms with Crippen LogP contribution in [0.25, 0.3) is 0 Å². The second kappa shape index (κ2) is 9.41. The summed E-state index contributed by atoms with van der Waals surface area (Å²) in [7, 11) is 4.56. The van der Waals surface area contributed by atoms with Crippen LogP contribution in [0.1, 0.15) is 15.9 Å². The third-order valence-electron chi connectivity index (χ3n) is 4.14. The van der Waals surface area contributed by atoms with Crippen molar-refractivity contribution in [1.29, 1.82) is 0 Å². The van der Waals surface area contributed by atoms with Crippen molar-refractivity contribution >= 4 is 17.4 Å². The number of anilines is 2. The molecule has 8 nitrogen and oxygen atoms in total. The molecule has 1 aromatic carbocycles. The summed E-state index contributed by atoms with van der Waals surface area (Å²) in [5.41, 5.74) is 1.98. The van der Waals surface area contributed by atoms with Gasteiger partial charge in [0.2, 0.25) is 5.75 Å². The molecular formula is C21H22N4O4. The van der Waals surface area contributed by atoms with Gasteiger partial charge in [-0.15, -0.1) is 0 Å². The third kappa shape index (κ3) is 4.92. The third-order valence-corrected chi connectivity index (χ3v) is 4.14. The number of hydrogen-bond acceptors (Lipinski definition) is 7. The molecule has 0 aliphatic rings. The van der Waals surface area contributed by atoms with E-state index < -0.39 is 0 Å². The molecule has 3 rings (SSSR count). The number of benzene rings is 1. The number of ether oxygens (including phenoxy) is 3. The number of methoxy groups -OCH3 is 3.